The zero-order chi connectivity index (χ0) is 12.3. The molecular weight excluding hydrogens is 232 g/mol. The third-order valence-corrected chi connectivity index (χ3v) is 1.66. The highest BCUT2D eigenvalue weighted by Gasteiger charge is 2.18. The second kappa shape index (κ2) is 4.82. The van der Waals surface area contributed by atoms with Crippen molar-refractivity contribution >= 4 is 5.97 Å². The molecule has 88 valence electrons. The molecule has 0 aliphatic rings. The number of hydrogen-bond donors (Lipinski definition) is 1. The van der Waals surface area contributed by atoms with Gasteiger partial charge < -0.3 is 9.84 Å². The van der Waals surface area contributed by atoms with E-state index in [9.17, 15) is 22.4 Å². The van der Waals surface area contributed by atoms with E-state index in [1.54, 1.807) is 0 Å². The molecule has 0 amide bonds. The Labute approximate surface area is 87.3 Å². The van der Waals surface area contributed by atoms with Crippen LogP contribution in [0.5, 0.6) is 5.75 Å². The summed E-state index contributed by atoms with van der Waals surface area (Å²) in [5.41, 5.74) is -0.616. The molecule has 0 aliphatic heterocycles. The van der Waals surface area contributed by atoms with E-state index in [4.69, 9.17) is 5.11 Å². The Bertz CT molecular complexity index is 406. The van der Waals surface area contributed by atoms with Gasteiger partial charge in [0.05, 0.1) is 6.42 Å². The van der Waals surface area contributed by atoms with Crippen molar-refractivity contribution in [2.75, 3.05) is 0 Å². The second-order valence-electron chi connectivity index (χ2n) is 2.81. The summed E-state index contributed by atoms with van der Waals surface area (Å²) in [6.45, 7) is -3.28. The second-order valence-corrected chi connectivity index (χ2v) is 2.81. The van der Waals surface area contributed by atoms with Crippen LogP contribution in [0.2, 0.25) is 0 Å². The lowest BCUT2D eigenvalue weighted by Gasteiger charge is -2.10. The van der Waals surface area contributed by atoms with Crippen LogP contribution in [-0.2, 0) is 11.2 Å². The van der Waals surface area contributed by atoms with Gasteiger partial charge in [0, 0.05) is 17.7 Å². The fourth-order valence-electron chi connectivity index (χ4n) is 1.10. The number of carboxylic acid groups (broad SMARTS) is 1. The number of benzene rings is 1. The molecule has 0 saturated heterocycles. The third-order valence-electron chi connectivity index (χ3n) is 1.66. The summed E-state index contributed by atoms with van der Waals surface area (Å²) in [7, 11) is 0. The minimum Gasteiger partial charge on any atom is -0.481 e. The molecule has 1 aromatic rings. The number of carboxylic acids is 1. The van der Waals surface area contributed by atoms with E-state index in [0.717, 1.165) is 0 Å². The van der Waals surface area contributed by atoms with Gasteiger partial charge in [-0.05, 0) is 0 Å². The van der Waals surface area contributed by atoms with E-state index in [2.05, 4.69) is 4.74 Å². The molecule has 0 bridgehead atoms. The molecule has 0 atom stereocenters. The molecule has 0 heterocycles. The number of aliphatic carboxylic acids is 1. The minimum absolute atomic E-state index is 0.399. The van der Waals surface area contributed by atoms with E-state index in [1.165, 1.54) is 0 Å². The van der Waals surface area contributed by atoms with Crippen molar-refractivity contribution in [3.8, 4) is 5.75 Å². The van der Waals surface area contributed by atoms with Gasteiger partial charge in [0.1, 0.15) is 17.4 Å². The molecule has 0 fully saturated rings. The van der Waals surface area contributed by atoms with Crippen LogP contribution in [0.25, 0.3) is 0 Å². The largest absolute Gasteiger partial charge is 0.481 e. The maximum atomic E-state index is 13.1. The summed E-state index contributed by atoms with van der Waals surface area (Å²) in [5.74, 6) is -4.61. The Morgan fingerprint density at radius 3 is 2.50 bits per heavy atom. The predicted molar refractivity (Wildman–Crippen MR) is 44.3 cm³/mol. The number of carbonyl (C=O) groups is 1. The SMILES string of the molecule is O=C(O)Cc1c(F)cc(F)cc1OC(F)F. The van der Waals surface area contributed by atoms with E-state index in [1.807, 2.05) is 0 Å². The zero-order valence-corrected chi connectivity index (χ0v) is 7.71. The molecule has 0 aliphatic carbocycles. The summed E-state index contributed by atoms with van der Waals surface area (Å²) in [5, 5.41) is 8.42. The van der Waals surface area contributed by atoms with Gasteiger partial charge in [-0.25, -0.2) is 8.78 Å². The summed E-state index contributed by atoms with van der Waals surface area (Å²) in [4.78, 5) is 10.3. The van der Waals surface area contributed by atoms with Crippen LogP contribution in [0.15, 0.2) is 12.1 Å². The Hall–Kier alpha value is -1.79. The molecule has 7 heteroatoms. The lowest BCUT2D eigenvalue weighted by molar-refractivity contribution is -0.136. The number of halogens is 4. The molecule has 0 unspecified atom stereocenters. The van der Waals surface area contributed by atoms with Gasteiger partial charge in [-0.1, -0.05) is 0 Å². The van der Waals surface area contributed by atoms with Crippen LogP contribution >= 0.6 is 0 Å². The predicted octanol–water partition coefficient (Wildman–Crippen LogP) is 2.19. The van der Waals surface area contributed by atoms with Gasteiger partial charge in [-0.3, -0.25) is 4.79 Å². The lowest BCUT2D eigenvalue weighted by atomic mass is 10.1. The maximum absolute atomic E-state index is 13.1. The van der Waals surface area contributed by atoms with E-state index in [0.29, 0.717) is 12.1 Å². The average molecular weight is 238 g/mol. The number of hydrogen-bond acceptors (Lipinski definition) is 2. The lowest BCUT2D eigenvalue weighted by Crippen LogP contribution is -2.10. The number of rotatable bonds is 4. The van der Waals surface area contributed by atoms with Gasteiger partial charge in [0.15, 0.2) is 0 Å². The quantitative estimate of drug-likeness (QED) is 0.818. The van der Waals surface area contributed by atoms with Gasteiger partial charge in [0.2, 0.25) is 0 Å². The fourth-order valence-corrected chi connectivity index (χ4v) is 1.10. The maximum Gasteiger partial charge on any atom is 0.387 e. The monoisotopic (exact) mass is 238 g/mol. The van der Waals surface area contributed by atoms with E-state index < -0.39 is 41.9 Å². The van der Waals surface area contributed by atoms with Crippen molar-refractivity contribution < 1.29 is 32.2 Å². The van der Waals surface area contributed by atoms with Crippen LogP contribution in [0, 0.1) is 11.6 Å². The minimum atomic E-state index is -3.28. The summed E-state index contributed by atoms with van der Waals surface area (Å²) in [6, 6.07) is 0.907. The van der Waals surface area contributed by atoms with Crippen LogP contribution in [0.1, 0.15) is 5.56 Å². The molecule has 1 aromatic carbocycles. The first-order valence-electron chi connectivity index (χ1n) is 4.04. The topological polar surface area (TPSA) is 46.5 Å². The van der Waals surface area contributed by atoms with Crippen molar-refractivity contribution in [2.45, 2.75) is 13.0 Å². The highest BCUT2D eigenvalue weighted by molar-refractivity contribution is 5.71. The van der Waals surface area contributed by atoms with Crippen molar-refractivity contribution in [3.05, 3.63) is 29.3 Å². The molecule has 0 saturated carbocycles. The molecule has 0 radical (unpaired) electrons. The van der Waals surface area contributed by atoms with Gasteiger partial charge in [-0.2, -0.15) is 8.78 Å². The summed E-state index contributed by atoms with van der Waals surface area (Å²) < 4.78 is 53.4. The van der Waals surface area contributed by atoms with E-state index in [-0.39, 0.29) is 0 Å². The fraction of sp³-hybridized carbons (Fsp3) is 0.222. The summed E-state index contributed by atoms with van der Waals surface area (Å²) >= 11 is 0. The van der Waals surface area contributed by atoms with Gasteiger partial charge in [0.25, 0.3) is 0 Å². The van der Waals surface area contributed by atoms with Gasteiger partial charge >= 0.3 is 12.6 Å². The molecule has 1 rings (SSSR count). The Kier molecular flexibility index (Phi) is 3.70. The Morgan fingerprint density at radius 2 is 2.00 bits per heavy atom. The first kappa shape index (κ1) is 12.3. The molecule has 3 nitrogen and oxygen atoms in total. The Morgan fingerprint density at radius 1 is 1.38 bits per heavy atom. The molecule has 0 spiro atoms. The summed E-state index contributed by atoms with van der Waals surface area (Å²) in [6.07, 6.45) is -0.867. The number of alkyl halides is 2. The molecular formula is C9H6F4O3. The molecule has 16 heavy (non-hydrogen) atoms. The molecule has 0 aromatic heterocycles. The highest BCUT2D eigenvalue weighted by Crippen LogP contribution is 2.25. The zero-order valence-electron chi connectivity index (χ0n) is 7.71. The standard InChI is InChI=1S/C9H6F4O3/c10-4-1-6(11)5(3-8(14)15)7(2-4)16-9(12)13/h1-2,9H,3H2,(H,14,15). The average Bonchev–Trinajstić information content (AvgIpc) is 2.09. The first-order chi connectivity index (χ1) is 7.40. The van der Waals surface area contributed by atoms with Crippen molar-refractivity contribution in [2.24, 2.45) is 0 Å². The van der Waals surface area contributed by atoms with Gasteiger partial charge in [-0.15, -0.1) is 0 Å². The highest BCUT2D eigenvalue weighted by atomic mass is 19.3. The van der Waals surface area contributed by atoms with Crippen LogP contribution in [0.3, 0.4) is 0 Å². The van der Waals surface area contributed by atoms with Crippen LogP contribution < -0.4 is 4.74 Å². The third kappa shape index (κ3) is 3.11. The van der Waals surface area contributed by atoms with E-state index >= 15 is 0 Å². The van der Waals surface area contributed by atoms with Crippen LogP contribution in [-0.4, -0.2) is 17.7 Å². The number of ether oxygens (including phenoxy) is 1. The van der Waals surface area contributed by atoms with Crippen molar-refractivity contribution in [1.82, 2.24) is 0 Å². The Balaban J connectivity index is 3.15. The van der Waals surface area contributed by atoms with Crippen molar-refractivity contribution in [1.29, 1.82) is 0 Å². The van der Waals surface area contributed by atoms with Crippen LogP contribution in [0.4, 0.5) is 17.6 Å². The smallest absolute Gasteiger partial charge is 0.387 e. The normalized spacial score (nSPS) is 10.6. The van der Waals surface area contributed by atoms with Crippen molar-refractivity contribution in [3.63, 3.8) is 0 Å². The molecule has 1 N–H and O–H groups in total. The first-order valence-corrected chi connectivity index (χ1v) is 4.04.